The highest BCUT2D eigenvalue weighted by Crippen LogP contribution is 2.29. The standard InChI is InChI=1S/C13H23N3O2/c1-9-2-3-10(8-11(9)14)13(18)16-6-4-12(17)15-5-7-16/h9-11H,2-8,14H2,1H3,(H,15,17). The Balaban J connectivity index is 1.92. The van der Waals surface area contributed by atoms with E-state index in [2.05, 4.69) is 12.2 Å². The van der Waals surface area contributed by atoms with Crippen molar-refractivity contribution in [1.82, 2.24) is 10.2 Å². The van der Waals surface area contributed by atoms with Crippen molar-refractivity contribution in [2.75, 3.05) is 19.6 Å². The molecule has 0 radical (unpaired) electrons. The van der Waals surface area contributed by atoms with Crippen LogP contribution < -0.4 is 11.1 Å². The van der Waals surface area contributed by atoms with E-state index >= 15 is 0 Å². The van der Waals surface area contributed by atoms with Crippen LogP contribution in [0.2, 0.25) is 0 Å². The topological polar surface area (TPSA) is 75.4 Å². The largest absolute Gasteiger partial charge is 0.354 e. The maximum Gasteiger partial charge on any atom is 0.225 e. The van der Waals surface area contributed by atoms with Gasteiger partial charge in [0.1, 0.15) is 0 Å². The fraction of sp³-hybridized carbons (Fsp3) is 0.846. The molecule has 2 amide bonds. The quantitative estimate of drug-likeness (QED) is 0.696. The van der Waals surface area contributed by atoms with Gasteiger partial charge < -0.3 is 16.0 Å². The van der Waals surface area contributed by atoms with Crippen molar-refractivity contribution in [3.8, 4) is 0 Å². The summed E-state index contributed by atoms with van der Waals surface area (Å²) in [5.41, 5.74) is 6.05. The zero-order chi connectivity index (χ0) is 13.1. The van der Waals surface area contributed by atoms with E-state index in [1.54, 1.807) is 0 Å². The molecule has 0 aromatic heterocycles. The summed E-state index contributed by atoms with van der Waals surface area (Å²) in [5, 5.41) is 2.79. The number of nitrogens with zero attached hydrogens (tertiary/aromatic N) is 1. The summed E-state index contributed by atoms with van der Waals surface area (Å²) in [5.74, 6) is 0.805. The molecule has 3 N–H and O–H groups in total. The molecule has 1 saturated heterocycles. The molecule has 1 aliphatic heterocycles. The minimum Gasteiger partial charge on any atom is -0.354 e. The van der Waals surface area contributed by atoms with Gasteiger partial charge in [0.15, 0.2) is 0 Å². The lowest BCUT2D eigenvalue weighted by Gasteiger charge is -2.34. The SMILES string of the molecule is CC1CCC(C(=O)N2CCNC(=O)CC2)CC1N. The lowest BCUT2D eigenvalue weighted by molar-refractivity contribution is -0.136. The highest BCUT2D eigenvalue weighted by Gasteiger charge is 2.32. The molecule has 1 heterocycles. The summed E-state index contributed by atoms with van der Waals surface area (Å²) in [6.45, 7) is 3.90. The molecular formula is C13H23N3O2. The Bertz CT molecular complexity index is 332. The fourth-order valence-electron chi connectivity index (χ4n) is 2.83. The van der Waals surface area contributed by atoms with E-state index in [1.165, 1.54) is 0 Å². The molecule has 5 heteroatoms. The zero-order valence-corrected chi connectivity index (χ0v) is 11.0. The molecule has 3 unspecified atom stereocenters. The molecule has 2 aliphatic rings. The second-order valence-electron chi connectivity index (χ2n) is 5.58. The first-order valence-electron chi connectivity index (χ1n) is 6.89. The van der Waals surface area contributed by atoms with Gasteiger partial charge in [-0.25, -0.2) is 0 Å². The highest BCUT2D eigenvalue weighted by atomic mass is 16.2. The average Bonchev–Trinajstić information content (AvgIpc) is 2.57. The normalized spacial score (nSPS) is 33.8. The van der Waals surface area contributed by atoms with Crippen LogP contribution in [0.5, 0.6) is 0 Å². The molecule has 1 aliphatic carbocycles. The molecule has 0 aromatic carbocycles. The van der Waals surface area contributed by atoms with Gasteiger partial charge in [-0.1, -0.05) is 6.92 Å². The summed E-state index contributed by atoms with van der Waals surface area (Å²) < 4.78 is 0. The van der Waals surface area contributed by atoms with Gasteiger partial charge in [0.25, 0.3) is 0 Å². The number of amides is 2. The fourth-order valence-corrected chi connectivity index (χ4v) is 2.83. The minimum atomic E-state index is 0.0410. The van der Waals surface area contributed by atoms with Gasteiger partial charge in [0.2, 0.25) is 11.8 Å². The maximum atomic E-state index is 12.4. The number of hydrogen-bond donors (Lipinski definition) is 2. The Morgan fingerprint density at radius 1 is 1.39 bits per heavy atom. The van der Waals surface area contributed by atoms with Crippen LogP contribution in [-0.2, 0) is 9.59 Å². The van der Waals surface area contributed by atoms with Crippen LogP contribution in [0.3, 0.4) is 0 Å². The van der Waals surface area contributed by atoms with Crippen LogP contribution in [0.15, 0.2) is 0 Å². The van der Waals surface area contributed by atoms with Crippen LogP contribution in [0.4, 0.5) is 0 Å². The molecule has 5 nitrogen and oxygen atoms in total. The summed E-state index contributed by atoms with van der Waals surface area (Å²) in [6, 6.07) is 0.138. The molecule has 3 atom stereocenters. The number of hydrogen-bond acceptors (Lipinski definition) is 3. The molecule has 2 rings (SSSR count). The lowest BCUT2D eigenvalue weighted by atomic mass is 9.79. The number of nitrogens with one attached hydrogen (secondary N) is 1. The van der Waals surface area contributed by atoms with Crippen LogP contribution >= 0.6 is 0 Å². The third kappa shape index (κ3) is 3.02. The van der Waals surface area contributed by atoms with Crippen LogP contribution in [0.1, 0.15) is 32.6 Å². The monoisotopic (exact) mass is 253 g/mol. The van der Waals surface area contributed by atoms with E-state index < -0.39 is 0 Å². The van der Waals surface area contributed by atoms with E-state index in [9.17, 15) is 9.59 Å². The molecule has 0 aromatic rings. The van der Waals surface area contributed by atoms with E-state index in [0.29, 0.717) is 32.0 Å². The summed E-state index contributed by atoms with van der Waals surface area (Å²) in [4.78, 5) is 25.5. The van der Waals surface area contributed by atoms with Crippen molar-refractivity contribution >= 4 is 11.8 Å². The Morgan fingerprint density at radius 2 is 2.17 bits per heavy atom. The van der Waals surface area contributed by atoms with Crippen molar-refractivity contribution in [2.45, 2.75) is 38.6 Å². The molecular weight excluding hydrogens is 230 g/mol. The van der Waals surface area contributed by atoms with E-state index in [4.69, 9.17) is 5.73 Å². The highest BCUT2D eigenvalue weighted by molar-refractivity contribution is 5.81. The summed E-state index contributed by atoms with van der Waals surface area (Å²) in [6.07, 6.45) is 3.17. The van der Waals surface area contributed by atoms with Gasteiger partial charge in [-0.3, -0.25) is 9.59 Å². The van der Waals surface area contributed by atoms with Gasteiger partial charge in [-0.05, 0) is 25.2 Å². The minimum absolute atomic E-state index is 0.0410. The van der Waals surface area contributed by atoms with Crippen molar-refractivity contribution in [1.29, 1.82) is 0 Å². The van der Waals surface area contributed by atoms with Crippen molar-refractivity contribution in [2.24, 2.45) is 17.6 Å². The molecule has 2 fully saturated rings. The average molecular weight is 253 g/mol. The maximum absolute atomic E-state index is 12.4. The second kappa shape index (κ2) is 5.69. The van der Waals surface area contributed by atoms with Crippen molar-refractivity contribution < 1.29 is 9.59 Å². The second-order valence-corrected chi connectivity index (χ2v) is 5.58. The Hall–Kier alpha value is -1.10. The van der Waals surface area contributed by atoms with E-state index in [-0.39, 0.29) is 23.8 Å². The number of nitrogens with two attached hydrogens (primary N) is 1. The lowest BCUT2D eigenvalue weighted by Crippen LogP contribution is -2.44. The predicted octanol–water partition coefficient (Wildman–Crippen LogP) is 0.0984. The van der Waals surface area contributed by atoms with Gasteiger partial charge in [0.05, 0.1) is 0 Å². The molecule has 18 heavy (non-hydrogen) atoms. The smallest absolute Gasteiger partial charge is 0.225 e. The third-order valence-electron chi connectivity index (χ3n) is 4.23. The predicted molar refractivity (Wildman–Crippen MR) is 68.7 cm³/mol. The first-order valence-corrected chi connectivity index (χ1v) is 6.89. The van der Waals surface area contributed by atoms with Gasteiger partial charge >= 0.3 is 0 Å². The molecule has 0 bridgehead atoms. The van der Waals surface area contributed by atoms with E-state index in [1.807, 2.05) is 4.90 Å². The van der Waals surface area contributed by atoms with Crippen LogP contribution in [-0.4, -0.2) is 42.4 Å². The van der Waals surface area contributed by atoms with Gasteiger partial charge in [0, 0.05) is 38.0 Å². The number of carbonyl (C=O) groups excluding carboxylic acids is 2. The van der Waals surface area contributed by atoms with Gasteiger partial charge in [-0.2, -0.15) is 0 Å². The molecule has 102 valence electrons. The summed E-state index contributed by atoms with van der Waals surface area (Å²) >= 11 is 0. The first-order chi connectivity index (χ1) is 8.58. The van der Waals surface area contributed by atoms with Crippen LogP contribution in [0.25, 0.3) is 0 Å². The summed E-state index contributed by atoms with van der Waals surface area (Å²) in [7, 11) is 0. The molecule has 0 spiro atoms. The van der Waals surface area contributed by atoms with Gasteiger partial charge in [-0.15, -0.1) is 0 Å². The Labute approximate surface area is 108 Å². The first kappa shape index (κ1) is 13.3. The molecule has 1 saturated carbocycles. The van der Waals surface area contributed by atoms with Crippen molar-refractivity contribution in [3.63, 3.8) is 0 Å². The van der Waals surface area contributed by atoms with E-state index in [0.717, 1.165) is 19.3 Å². The zero-order valence-electron chi connectivity index (χ0n) is 11.0. The Morgan fingerprint density at radius 3 is 2.89 bits per heavy atom. The third-order valence-corrected chi connectivity index (χ3v) is 4.23. The Kier molecular flexibility index (Phi) is 4.22. The van der Waals surface area contributed by atoms with Crippen molar-refractivity contribution in [3.05, 3.63) is 0 Å². The number of rotatable bonds is 1. The van der Waals surface area contributed by atoms with Crippen LogP contribution in [0, 0.1) is 11.8 Å². The number of carbonyl (C=O) groups is 2.